The van der Waals surface area contributed by atoms with E-state index in [1.54, 1.807) is 0 Å². The van der Waals surface area contributed by atoms with Crippen molar-refractivity contribution in [2.75, 3.05) is 26.2 Å². The van der Waals surface area contributed by atoms with Crippen LogP contribution >= 0.6 is 0 Å². The second-order valence-corrected chi connectivity index (χ2v) is 5.47. The Balaban J connectivity index is 2.58. The third kappa shape index (κ3) is 5.89. The van der Waals surface area contributed by atoms with Gasteiger partial charge in [0.05, 0.1) is 0 Å². The molecule has 2 heteroatoms. The predicted octanol–water partition coefficient (Wildman–Crippen LogP) is 3.80. The Labute approximate surface area is 124 Å². The maximum atomic E-state index is 3.84. The van der Waals surface area contributed by atoms with Gasteiger partial charge in [-0.05, 0) is 36.6 Å². The van der Waals surface area contributed by atoms with Gasteiger partial charge in [0.15, 0.2) is 0 Å². The SMILES string of the molecule is C=CCN(CCC)Cc1ccc(C(C)CNCC)cc1. The van der Waals surface area contributed by atoms with Crippen LogP contribution in [-0.4, -0.2) is 31.1 Å². The van der Waals surface area contributed by atoms with Crippen molar-refractivity contribution in [1.82, 2.24) is 10.2 Å². The van der Waals surface area contributed by atoms with Crippen LogP contribution in [0.4, 0.5) is 0 Å². The molecule has 1 rings (SSSR count). The minimum absolute atomic E-state index is 0.573. The topological polar surface area (TPSA) is 15.3 Å². The molecule has 0 saturated heterocycles. The zero-order chi connectivity index (χ0) is 14.8. The summed E-state index contributed by atoms with van der Waals surface area (Å²) in [7, 11) is 0. The molecule has 1 N–H and O–H groups in total. The molecule has 0 bridgehead atoms. The summed E-state index contributed by atoms with van der Waals surface area (Å²) in [4.78, 5) is 2.43. The molecule has 1 unspecified atom stereocenters. The van der Waals surface area contributed by atoms with Crippen LogP contribution < -0.4 is 5.32 Å². The van der Waals surface area contributed by atoms with Gasteiger partial charge in [0.25, 0.3) is 0 Å². The van der Waals surface area contributed by atoms with E-state index < -0.39 is 0 Å². The van der Waals surface area contributed by atoms with E-state index in [4.69, 9.17) is 0 Å². The largest absolute Gasteiger partial charge is 0.316 e. The van der Waals surface area contributed by atoms with Gasteiger partial charge in [0.2, 0.25) is 0 Å². The molecule has 0 amide bonds. The van der Waals surface area contributed by atoms with Crippen molar-refractivity contribution in [2.45, 2.75) is 39.7 Å². The first kappa shape index (κ1) is 16.9. The van der Waals surface area contributed by atoms with Crippen molar-refractivity contribution in [3.63, 3.8) is 0 Å². The van der Waals surface area contributed by atoms with Gasteiger partial charge >= 0.3 is 0 Å². The number of likely N-dealkylation sites (N-methyl/N-ethyl adjacent to an activating group) is 1. The van der Waals surface area contributed by atoms with Crippen LogP contribution in [-0.2, 0) is 6.54 Å². The van der Waals surface area contributed by atoms with E-state index in [1.165, 1.54) is 17.5 Å². The Bertz CT molecular complexity index is 370. The molecule has 1 aromatic rings. The van der Waals surface area contributed by atoms with E-state index in [2.05, 4.69) is 61.8 Å². The average molecular weight is 274 g/mol. The molecule has 0 aromatic heterocycles. The number of hydrogen-bond donors (Lipinski definition) is 1. The quantitative estimate of drug-likeness (QED) is 0.653. The van der Waals surface area contributed by atoms with E-state index in [-0.39, 0.29) is 0 Å². The smallest absolute Gasteiger partial charge is 0.0237 e. The zero-order valence-corrected chi connectivity index (χ0v) is 13.4. The highest BCUT2D eigenvalue weighted by molar-refractivity contribution is 5.25. The highest BCUT2D eigenvalue weighted by atomic mass is 15.1. The maximum absolute atomic E-state index is 3.84. The van der Waals surface area contributed by atoms with E-state index >= 15 is 0 Å². The molecule has 112 valence electrons. The van der Waals surface area contributed by atoms with Crippen molar-refractivity contribution in [1.29, 1.82) is 0 Å². The summed E-state index contributed by atoms with van der Waals surface area (Å²) in [5.74, 6) is 0.573. The van der Waals surface area contributed by atoms with E-state index in [0.717, 1.165) is 32.7 Å². The number of benzene rings is 1. The summed E-state index contributed by atoms with van der Waals surface area (Å²) in [6, 6.07) is 9.08. The Morgan fingerprint density at radius 3 is 2.50 bits per heavy atom. The molecule has 0 heterocycles. The third-order valence-corrected chi connectivity index (χ3v) is 3.58. The van der Waals surface area contributed by atoms with Gasteiger partial charge in [0, 0.05) is 19.6 Å². The van der Waals surface area contributed by atoms with E-state index in [1.807, 2.05) is 6.08 Å². The number of nitrogens with one attached hydrogen (secondary N) is 1. The van der Waals surface area contributed by atoms with E-state index in [0.29, 0.717) is 5.92 Å². The Morgan fingerprint density at radius 1 is 1.25 bits per heavy atom. The minimum Gasteiger partial charge on any atom is -0.316 e. The van der Waals surface area contributed by atoms with Crippen LogP contribution in [0.15, 0.2) is 36.9 Å². The molecule has 0 radical (unpaired) electrons. The van der Waals surface area contributed by atoms with Crippen molar-refractivity contribution < 1.29 is 0 Å². The zero-order valence-electron chi connectivity index (χ0n) is 13.4. The van der Waals surface area contributed by atoms with Gasteiger partial charge < -0.3 is 5.32 Å². The van der Waals surface area contributed by atoms with Crippen molar-refractivity contribution in [2.24, 2.45) is 0 Å². The average Bonchev–Trinajstić information content (AvgIpc) is 2.46. The van der Waals surface area contributed by atoms with Gasteiger partial charge in [-0.25, -0.2) is 0 Å². The Morgan fingerprint density at radius 2 is 1.95 bits per heavy atom. The highest BCUT2D eigenvalue weighted by Gasteiger charge is 2.06. The fourth-order valence-corrected chi connectivity index (χ4v) is 2.42. The second-order valence-electron chi connectivity index (χ2n) is 5.47. The molecule has 0 aliphatic carbocycles. The molecular formula is C18H30N2. The number of nitrogens with zero attached hydrogens (tertiary/aromatic N) is 1. The second kappa shape index (κ2) is 9.73. The summed E-state index contributed by atoms with van der Waals surface area (Å²) in [6.45, 7) is 15.7. The number of rotatable bonds is 10. The van der Waals surface area contributed by atoms with Crippen molar-refractivity contribution >= 4 is 0 Å². The van der Waals surface area contributed by atoms with Crippen molar-refractivity contribution in [3.8, 4) is 0 Å². The van der Waals surface area contributed by atoms with E-state index in [9.17, 15) is 0 Å². The molecule has 0 fully saturated rings. The fraction of sp³-hybridized carbons (Fsp3) is 0.556. The van der Waals surface area contributed by atoms with Crippen LogP contribution in [0.2, 0.25) is 0 Å². The van der Waals surface area contributed by atoms with Crippen LogP contribution in [0.25, 0.3) is 0 Å². The first-order valence-corrected chi connectivity index (χ1v) is 7.84. The number of hydrogen-bond acceptors (Lipinski definition) is 2. The van der Waals surface area contributed by atoms with Crippen molar-refractivity contribution in [3.05, 3.63) is 48.0 Å². The summed E-state index contributed by atoms with van der Waals surface area (Å²) in [6.07, 6.45) is 3.17. The molecule has 0 aliphatic heterocycles. The van der Waals surface area contributed by atoms with Gasteiger partial charge in [0.1, 0.15) is 0 Å². The van der Waals surface area contributed by atoms with Gasteiger partial charge in [-0.15, -0.1) is 6.58 Å². The molecule has 20 heavy (non-hydrogen) atoms. The van der Waals surface area contributed by atoms with Gasteiger partial charge in [-0.3, -0.25) is 4.90 Å². The summed E-state index contributed by atoms with van der Waals surface area (Å²) in [5.41, 5.74) is 2.81. The van der Waals surface area contributed by atoms with Crippen LogP contribution in [0.1, 0.15) is 44.2 Å². The lowest BCUT2D eigenvalue weighted by Crippen LogP contribution is -2.24. The monoisotopic (exact) mass is 274 g/mol. The molecule has 0 saturated carbocycles. The standard InChI is InChI=1S/C18H30N2/c1-5-12-20(13-6-2)15-17-8-10-18(11-9-17)16(4)14-19-7-3/h5,8-11,16,19H,1,6-7,12-15H2,2-4H3. The molecule has 1 atom stereocenters. The van der Waals surface area contributed by atoms with Crippen LogP contribution in [0, 0.1) is 0 Å². The fourth-order valence-electron chi connectivity index (χ4n) is 2.42. The van der Waals surface area contributed by atoms with Crippen LogP contribution in [0.5, 0.6) is 0 Å². The summed E-state index contributed by atoms with van der Waals surface area (Å²) >= 11 is 0. The van der Waals surface area contributed by atoms with Gasteiger partial charge in [-0.1, -0.05) is 51.1 Å². The lowest BCUT2D eigenvalue weighted by Gasteiger charge is -2.20. The predicted molar refractivity (Wildman–Crippen MR) is 89.2 cm³/mol. The molecule has 0 aliphatic rings. The molecule has 2 nitrogen and oxygen atoms in total. The highest BCUT2D eigenvalue weighted by Crippen LogP contribution is 2.16. The molecule has 1 aromatic carbocycles. The van der Waals surface area contributed by atoms with Crippen LogP contribution in [0.3, 0.4) is 0 Å². The normalized spacial score (nSPS) is 12.6. The maximum Gasteiger partial charge on any atom is 0.0237 e. The van der Waals surface area contributed by atoms with Gasteiger partial charge in [-0.2, -0.15) is 0 Å². The summed E-state index contributed by atoms with van der Waals surface area (Å²) < 4.78 is 0. The lowest BCUT2D eigenvalue weighted by atomic mass is 9.99. The minimum atomic E-state index is 0.573. The molecular weight excluding hydrogens is 244 g/mol. The lowest BCUT2D eigenvalue weighted by molar-refractivity contribution is 0.295. The Hall–Kier alpha value is -1.12. The first-order chi connectivity index (χ1) is 9.71. The Kier molecular flexibility index (Phi) is 8.24. The molecule has 0 spiro atoms. The first-order valence-electron chi connectivity index (χ1n) is 7.84. The third-order valence-electron chi connectivity index (χ3n) is 3.58. The summed E-state index contributed by atoms with van der Waals surface area (Å²) in [5, 5.41) is 3.41.